The van der Waals surface area contributed by atoms with E-state index < -0.39 is 35.0 Å². The molecule has 4 unspecified atom stereocenters. The summed E-state index contributed by atoms with van der Waals surface area (Å²) < 4.78 is 15.0. The molecule has 0 fully saturated rings. The largest absolute Gasteiger partial charge is 0.450 e. The van der Waals surface area contributed by atoms with Crippen molar-refractivity contribution >= 4 is 35.9 Å². The van der Waals surface area contributed by atoms with E-state index >= 15 is 0 Å². The van der Waals surface area contributed by atoms with E-state index in [1.165, 1.54) is 7.11 Å². The van der Waals surface area contributed by atoms with E-state index in [-0.39, 0.29) is 6.42 Å². The fourth-order valence-electron chi connectivity index (χ4n) is 1.87. The van der Waals surface area contributed by atoms with Crippen molar-refractivity contribution in [2.24, 2.45) is 0 Å². The molecule has 0 spiro atoms. The molecule has 0 saturated carbocycles. The summed E-state index contributed by atoms with van der Waals surface area (Å²) in [5.74, 6) is 0. The number of aliphatic hydroxyl groups excluding tert-OH is 1. The second-order valence-corrected chi connectivity index (χ2v) is 4.77. The van der Waals surface area contributed by atoms with Crippen molar-refractivity contribution in [1.82, 2.24) is 0 Å². The van der Waals surface area contributed by atoms with Crippen LogP contribution < -0.4 is 0 Å². The van der Waals surface area contributed by atoms with Crippen LogP contribution in [0.1, 0.15) is 12.8 Å². The van der Waals surface area contributed by atoms with Gasteiger partial charge in [0.05, 0.1) is 12.2 Å². The predicted octanol–water partition coefficient (Wildman–Crippen LogP) is 1.58. The zero-order valence-corrected chi connectivity index (χ0v) is 12.1. The first-order valence-corrected chi connectivity index (χ1v) is 6.50. The van der Waals surface area contributed by atoms with Gasteiger partial charge in [0.25, 0.3) is 0 Å². The molecule has 4 atom stereocenters. The number of ether oxygens (including phenoxy) is 3. The lowest BCUT2D eigenvalue weighted by atomic mass is 9.97. The first kappa shape index (κ1) is 16.4. The SMILES string of the molecule is COC1CC(OC(=O)S)C=CC(OC(=O)S)CC1O. The van der Waals surface area contributed by atoms with E-state index in [0.717, 1.165) is 0 Å². The van der Waals surface area contributed by atoms with Crippen molar-refractivity contribution in [2.45, 2.75) is 37.3 Å². The van der Waals surface area contributed by atoms with Gasteiger partial charge in [-0.1, -0.05) is 25.3 Å². The van der Waals surface area contributed by atoms with Gasteiger partial charge in [-0.3, -0.25) is 0 Å². The topological polar surface area (TPSA) is 82.1 Å². The lowest BCUT2D eigenvalue weighted by Gasteiger charge is -2.28. The zero-order valence-electron chi connectivity index (χ0n) is 10.3. The lowest BCUT2D eigenvalue weighted by molar-refractivity contribution is -0.0491. The van der Waals surface area contributed by atoms with Crippen molar-refractivity contribution in [3.05, 3.63) is 12.2 Å². The molecule has 1 aliphatic carbocycles. The Morgan fingerprint density at radius 3 is 2.00 bits per heavy atom. The number of carbonyl (C=O) groups excluding carboxylic acids is 2. The van der Waals surface area contributed by atoms with Crippen LogP contribution in [0.2, 0.25) is 0 Å². The normalized spacial score (nSPS) is 31.2. The van der Waals surface area contributed by atoms with Crippen LogP contribution in [-0.4, -0.2) is 47.2 Å². The molecule has 108 valence electrons. The van der Waals surface area contributed by atoms with Crippen LogP contribution >= 0.6 is 25.3 Å². The molecule has 0 bridgehead atoms. The number of methoxy groups -OCH3 is 1. The third kappa shape index (κ3) is 5.85. The minimum absolute atomic E-state index is 0.183. The summed E-state index contributed by atoms with van der Waals surface area (Å²) in [6.45, 7) is 0. The van der Waals surface area contributed by atoms with Gasteiger partial charge in [-0.15, -0.1) is 0 Å². The lowest BCUT2D eigenvalue weighted by Crippen LogP contribution is -2.37. The molecule has 19 heavy (non-hydrogen) atoms. The molecule has 0 aromatic carbocycles. The Kier molecular flexibility index (Phi) is 6.70. The Labute approximate surface area is 121 Å². The highest BCUT2D eigenvalue weighted by molar-refractivity contribution is 7.96. The van der Waals surface area contributed by atoms with E-state index in [1.54, 1.807) is 12.2 Å². The third-order valence-corrected chi connectivity index (χ3v) is 2.93. The molecule has 1 N–H and O–H groups in total. The number of thiol groups is 2. The Balaban J connectivity index is 2.82. The third-order valence-electron chi connectivity index (χ3n) is 2.72. The molecule has 0 aliphatic heterocycles. The zero-order chi connectivity index (χ0) is 14.4. The highest BCUT2D eigenvalue weighted by Gasteiger charge is 2.29. The number of rotatable bonds is 3. The van der Waals surface area contributed by atoms with E-state index in [1.807, 2.05) is 0 Å². The van der Waals surface area contributed by atoms with Gasteiger partial charge in [0.15, 0.2) is 0 Å². The molecule has 0 radical (unpaired) electrons. The van der Waals surface area contributed by atoms with Crippen LogP contribution in [0.4, 0.5) is 9.59 Å². The molecule has 8 heteroatoms. The van der Waals surface area contributed by atoms with Crippen LogP contribution in [0, 0.1) is 0 Å². The summed E-state index contributed by atoms with van der Waals surface area (Å²) in [6, 6.07) is 0. The van der Waals surface area contributed by atoms with Gasteiger partial charge in [-0.2, -0.15) is 0 Å². The summed E-state index contributed by atoms with van der Waals surface area (Å²) in [5, 5.41) is 8.49. The molecule has 0 saturated heterocycles. The number of hydrogen-bond donors (Lipinski definition) is 3. The summed E-state index contributed by atoms with van der Waals surface area (Å²) in [7, 11) is 1.44. The van der Waals surface area contributed by atoms with E-state index in [9.17, 15) is 14.7 Å². The summed E-state index contributed by atoms with van der Waals surface area (Å²) in [4.78, 5) is 21.7. The van der Waals surface area contributed by atoms with Crippen molar-refractivity contribution in [2.75, 3.05) is 7.11 Å². The average molecular weight is 308 g/mol. The Morgan fingerprint density at radius 1 is 1.11 bits per heavy atom. The van der Waals surface area contributed by atoms with Gasteiger partial charge in [0, 0.05) is 20.0 Å². The number of hydrogen-bond acceptors (Lipinski definition) is 6. The molecular formula is C11H16O6S2. The number of carbonyl (C=O) groups is 2. The Hall–Kier alpha value is -0.700. The van der Waals surface area contributed by atoms with Crippen molar-refractivity contribution < 1.29 is 28.9 Å². The van der Waals surface area contributed by atoms with Gasteiger partial charge in [-0.05, 0) is 12.2 Å². The Morgan fingerprint density at radius 2 is 1.58 bits per heavy atom. The number of aliphatic hydroxyl groups is 1. The molecule has 0 aromatic rings. The summed E-state index contributed by atoms with van der Waals surface area (Å²) >= 11 is 7.05. The maximum absolute atomic E-state index is 10.9. The minimum atomic E-state index is -0.853. The van der Waals surface area contributed by atoms with Crippen LogP contribution in [0.15, 0.2) is 12.2 Å². The van der Waals surface area contributed by atoms with E-state index in [0.29, 0.717) is 6.42 Å². The molecular weight excluding hydrogens is 292 g/mol. The predicted molar refractivity (Wildman–Crippen MR) is 73.7 cm³/mol. The van der Waals surface area contributed by atoms with Gasteiger partial charge in [0.2, 0.25) is 0 Å². The summed E-state index contributed by atoms with van der Waals surface area (Å²) in [6.07, 6.45) is 0.950. The summed E-state index contributed by atoms with van der Waals surface area (Å²) in [5.41, 5.74) is 0. The smallest absolute Gasteiger partial charge is 0.364 e. The molecule has 0 amide bonds. The second kappa shape index (κ2) is 7.78. The fourth-order valence-corrected chi connectivity index (χ4v) is 2.14. The highest BCUT2D eigenvalue weighted by atomic mass is 32.1. The Bertz CT molecular complexity index is 359. The van der Waals surface area contributed by atoms with Crippen molar-refractivity contribution in [3.8, 4) is 0 Å². The van der Waals surface area contributed by atoms with E-state index in [2.05, 4.69) is 25.3 Å². The van der Waals surface area contributed by atoms with Gasteiger partial charge >= 0.3 is 10.6 Å². The fraction of sp³-hybridized carbons (Fsp3) is 0.636. The highest BCUT2D eigenvalue weighted by Crippen LogP contribution is 2.21. The van der Waals surface area contributed by atoms with Crippen molar-refractivity contribution in [3.63, 3.8) is 0 Å². The van der Waals surface area contributed by atoms with Crippen LogP contribution in [0.25, 0.3) is 0 Å². The van der Waals surface area contributed by atoms with Gasteiger partial charge < -0.3 is 19.3 Å². The molecule has 1 aliphatic rings. The maximum atomic E-state index is 10.9. The van der Waals surface area contributed by atoms with Gasteiger partial charge in [0.1, 0.15) is 12.2 Å². The van der Waals surface area contributed by atoms with Crippen LogP contribution in [0.5, 0.6) is 0 Å². The van der Waals surface area contributed by atoms with Gasteiger partial charge in [-0.25, -0.2) is 9.59 Å². The molecule has 0 heterocycles. The van der Waals surface area contributed by atoms with E-state index in [4.69, 9.17) is 14.2 Å². The monoisotopic (exact) mass is 308 g/mol. The van der Waals surface area contributed by atoms with Crippen molar-refractivity contribution in [1.29, 1.82) is 0 Å². The second-order valence-electron chi connectivity index (χ2n) is 4.04. The standard InChI is InChI=1S/C11H16O6S2/c1-15-9-5-7(17-11(14)19)3-2-6(4-8(9)12)16-10(13)18/h2-3,6-9,12H,4-5H2,1H3,(H,13,18)(H,14,19). The maximum Gasteiger partial charge on any atom is 0.364 e. The molecule has 6 nitrogen and oxygen atoms in total. The van der Waals surface area contributed by atoms with Crippen LogP contribution in [0.3, 0.4) is 0 Å². The quantitative estimate of drug-likeness (QED) is 0.417. The average Bonchev–Trinajstić information content (AvgIpc) is 2.28. The molecule has 1 rings (SSSR count). The van der Waals surface area contributed by atoms with Crippen LogP contribution in [-0.2, 0) is 14.2 Å². The minimum Gasteiger partial charge on any atom is -0.450 e. The first-order valence-electron chi connectivity index (χ1n) is 5.60. The first-order chi connectivity index (χ1) is 8.92. The molecule has 0 aromatic heterocycles.